The third-order valence-electron chi connectivity index (χ3n) is 4.88. The standard InChI is InChI=1S/C18H23ClN4O3S/c19-16-6-5-15(27(25,26)23-9-1-2-10-23)13-17(16)21-18(24)7-11-22(12-8-20)14-3-4-14/h5-6,13-14H,1-4,7,9-12H2,(H,21,24). The summed E-state index contributed by atoms with van der Waals surface area (Å²) in [7, 11) is -3.57. The van der Waals surface area contributed by atoms with Crippen LogP contribution in [0, 0.1) is 11.3 Å². The van der Waals surface area contributed by atoms with Gasteiger partial charge < -0.3 is 5.32 Å². The van der Waals surface area contributed by atoms with Crippen LogP contribution < -0.4 is 5.32 Å². The van der Waals surface area contributed by atoms with Crippen molar-refractivity contribution in [2.24, 2.45) is 0 Å². The first-order valence-corrected chi connectivity index (χ1v) is 10.9. The molecule has 9 heteroatoms. The zero-order chi connectivity index (χ0) is 19.4. The Morgan fingerprint density at radius 3 is 2.67 bits per heavy atom. The van der Waals surface area contributed by atoms with Crippen LogP contribution in [0.1, 0.15) is 32.1 Å². The highest BCUT2D eigenvalue weighted by molar-refractivity contribution is 7.89. The molecule has 0 aromatic heterocycles. The van der Waals surface area contributed by atoms with Crippen molar-refractivity contribution in [3.8, 4) is 6.07 Å². The first-order chi connectivity index (χ1) is 12.9. The molecule has 1 aromatic rings. The highest BCUT2D eigenvalue weighted by Gasteiger charge is 2.29. The van der Waals surface area contributed by atoms with Crippen LogP contribution in [0.4, 0.5) is 5.69 Å². The lowest BCUT2D eigenvalue weighted by Gasteiger charge is -2.18. The predicted molar refractivity (Wildman–Crippen MR) is 103 cm³/mol. The molecule has 1 aromatic carbocycles. The van der Waals surface area contributed by atoms with Crippen LogP contribution in [0.25, 0.3) is 0 Å². The Morgan fingerprint density at radius 1 is 1.33 bits per heavy atom. The summed E-state index contributed by atoms with van der Waals surface area (Å²) in [5.74, 6) is -0.254. The van der Waals surface area contributed by atoms with Crippen molar-refractivity contribution in [2.45, 2.75) is 43.0 Å². The van der Waals surface area contributed by atoms with Crippen LogP contribution in [0.3, 0.4) is 0 Å². The van der Waals surface area contributed by atoms with Gasteiger partial charge in [0, 0.05) is 32.1 Å². The monoisotopic (exact) mass is 410 g/mol. The minimum atomic E-state index is -3.57. The van der Waals surface area contributed by atoms with Crippen molar-refractivity contribution in [1.82, 2.24) is 9.21 Å². The number of benzene rings is 1. The maximum absolute atomic E-state index is 12.7. The van der Waals surface area contributed by atoms with Crippen molar-refractivity contribution in [1.29, 1.82) is 5.26 Å². The van der Waals surface area contributed by atoms with Crippen molar-refractivity contribution < 1.29 is 13.2 Å². The number of carbonyl (C=O) groups excluding carboxylic acids is 1. The van der Waals surface area contributed by atoms with E-state index in [4.69, 9.17) is 16.9 Å². The van der Waals surface area contributed by atoms with Crippen molar-refractivity contribution >= 4 is 33.2 Å². The molecule has 0 radical (unpaired) electrons. The SMILES string of the molecule is N#CCN(CCC(=O)Nc1cc(S(=O)(=O)N2CCCC2)ccc1Cl)C1CC1. The highest BCUT2D eigenvalue weighted by Crippen LogP contribution is 2.29. The third-order valence-corrected chi connectivity index (χ3v) is 7.10. The van der Waals surface area contributed by atoms with E-state index in [1.807, 2.05) is 4.90 Å². The zero-order valence-corrected chi connectivity index (χ0v) is 16.6. The fourth-order valence-electron chi connectivity index (χ4n) is 3.22. The molecule has 0 bridgehead atoms. The normalized spacial score (nSPS) is 17.8. The lowest BCUT2D eigenvalue weighted by Crippen LogP contribution is -2.30. The highest BCUT2D eigenvalue weighted by atomic mass is 35.5. The molecule has 3 rings (SSSR count). The first kappa shape index (κ1) is 20.1. The summed E-state index contributed by atoms with van der Waals surface area (Å²) in [6, 6.07) is 6.90. The largest absolute Gasteiger partial charge is 0.325 e. The zero-order valence-electron chi connectivity index (χ0n) is 15.0. The van der Waals surface area contributed by atoms with Gasteiger partial charge in [0.15, 0.2) is 0 Å². The molecule has 2 aliphatic rings. The molecule has 1 heterocycles. The topological polar surface area (TPSA) is 93.5 Å². The maximum atomic E-state index is 12.7. The first-order valence-electron chi connectivity index (χ1n) is 9.12. The molecule has 27 heavy (non-hydrogen) atoms. The average Bonchev–Trinajstić information content (AvgIpc) is 3.32. The summed E-state index contributed by atoms with van der Waals surface area (Å²) >= 11 is 6.15. The number of amides is 1. The molecule has 1 saturated heterocycles. The van der Waals surface area contributed by atoms with Gasteiger partial charge in [-0.3, -0.25) is 9.69 Å². The van der Waals surface area contributed by atoms with Gasteiger partial charge in [0.25, 0.3) is 0 Å². The summed E-state index contributed by atoms with van der Waals surface area (Å²) in [5, 5.41) is 11.9. The molecule has 0 atom stereocenters. The molecule has 1 aliphatic carbocycles. The number of anilines is 1. The van der Waals surface area contributed by atoms with Crippen LogP contribution >= 0.6 is 11.6 Å². The molecule has 146 valence electrons. The van der Waals surface area contributed by atoms with E-state index < -0.39 is 10.0 Å². The second kappa shape index (κ2) is 8.57. The average molecular weight is 411 g/mol. The summed E-state index contributed by atoms with van der Waals surface area (Å²) in [4.78, 5) is 14.4. The smallest absolute Gasteiger partial charge is 0.243 e. The van der Waals surface area contributed by atoms with Gasteiger partial charge in [0.05, 0.1) is 28.2 Å². The molecule has 1 aliphatic heterocycles. The number of hydrogen-bond acceptors (Lipinski definition) is 5. The quantitative estimate of drug-likeness (QED) is 0.664. The number of halogens is 1. The summed E-state index contributed by atoms with van der Waals surface area (Å²) in [5.41, 5.74) is 0.292. The molecular formula is C18H23ClN4O3S. The summed E-state index contributed by atoms with van der Waals surface area (Å²) in [6.07, 6.45) is 4.06. The Balaban J connectivity index is 1.65. The van der Waals surface area contributed by atoms with E-state index in [9.17, 15) is 13.2 Å². The number of nitriles is 1. The molecule has 0 unspecified atom stereocenters. The van der Waals surface area contributed by atoms with Gasteiger partial charge in [0.1, 0.15) is 0 Å². The second-order valence-corrected chi connectivity index (χ2v) is 9.26. The number of carbonyl (C=O) groups is 1. The predicted octanol–water partition coefficient (Wildman–Crippen LogP) is 2.44. The molecule has 7 nitrogen and oxygen atoms in total. The molecule has 2 fully saturated rings. The minimum absolute atomic E-state index is 0.133. The van der Waals surface area contributed by atoms with Gasteiger partial charge in [-0.1, -0.05) is 11.6 Å². The van der Waals surface area contributed by atoms with Gasteiger partial charge in [-0.2, -0.15) is 9.57 Å². The number of sulfonamides is 1. The van der Waals surface area contributed by atoms with Crippen molar-refractivity contribution in [2.75, 3.05) is 31.5 Å². The van der Waals surface area contributed by atoms with Crippen LogP contribution in [-0.2, 0) is 14.8 Å². The van der Waals surface area contributed by atoms with Gasteiger partial charge in [-0.15, -0.1) is 0 Å². The van der Waals surface area contributed by atoms with Crippen LogP contribution in [0.5, 0.6) is 0 Å². The maximum Gasteiger partial charge on any atom is 0.243 e. The van der Waals surface area contributed by atoms with Crippen molar-refractivity contribution in [3.63, 3.8) is 0 Å². The lowest BCUT2D eigenvalue weighted by molar-refractivity contribution is -0.116. The number of rotatable bonds is 8. The molecule has 1 saturated carbocycles. The Morgan fingerprint density at radius 2 is 2.04 bits per heavy atom. The van der Waals surface area contributed by atoms with Crippen LogP contribution in [0.15, 0.2) is 23.1 Å². The number of nitrogens with zero attached hydrogens (tertiary/aromatic N) is 3. The van der Waals surface area contributed by atoms with Crippen LogP contribution in [-0.4, -0.2) is 55.8 Å². The van der Waals surface area contributed by atoms with E-state index in [0.29, 0.717) is 42.9 Å². The van der Waals surface area contributed by atoms with E-state index in [1.54, 1.807) is 0 Å². The third kappa shape index (κ3) is 4.99. The summed E-state index contributed by atoms with van der Waals surface area (Å²) in [6.45, 7) is 1.83. The second-order valence-electron chi connectivity index (χ2n) is 6.91. The Hall–Kier alpha value is -1.66. The van der Waals surface area contributed by atoms with Gasteiger partial charge >= 0.3 is 0 Å². The van der Waals surface area contributed by atoms with Gasteiger partial charge in [-0.05, 0) is 43.9 Å². The Kier molecular flexibility index (Phi) is 6.37. The van der Waals surface area contributed by atoms with Crippen LogP contribution in [0.2, 0.25) is 5.02 Å². The molecule has 0 spiro atoms. The van der Waals surface area contributed by atoms with Crippen molar-refractivity contribution in [3.05, 3.63) is 23.2 Å². The molecule has 1 N–H and O–H groups in total. The fourth-order valence-corrected chi connectivity index (χ4v) is 4.93. The molecular weight excluding hydrogens is 388 g/mol. The van der Waals surface area contributed by atoms with E-state index in [0.717, 1.165) is 25.7 Å². The molecule has 1 amide bonds. The van der Waals surface area contributed by atoms with Gasteiger partial charge in [-0.25, -0.2) is 8.42 Å². The minimum Gasteiger partial charge on any atom is -0.325 e. The number of nitrogens with one attached hydrogen (secondary N) is 1. The number of hydrogen-bond donors (Lipinski definition) is 1. The van der Waals surface area contributed by atoms with E-state index in [-0.39, 0.29) is 17.2 Å². The van der Waals surface area contributed by atoms with E-state index in [2.05, 4.69) is 11.4 Å². The van der Waals surface area contributed by atoms with Gasteiger partial charge in [0.2, 0.25) is 15.9 Å². The lowest BCUT2D eigenvalue weighted by atomic mass is 10.3. The Bertz CT molecular complexity index is 843. The summed E-state index contributed by atoms with van der Waals surface area (Å²) < 4.78 is 26.8. The fraction of sp³-hybridized carbons (Fsp3) is 0.556. The van der Waals surface area contributed by atoms with E-state index >= 15 is 0 Å². The van der Waals surface area contributed by atoms with E-state index in [1.165, 1.54) is 22.5 Å². The Labute approximate surface area is 164 Å².